The highest BCUT2D eigenvalue weighted by Gasteiger charge is 1.98. The van der Waals surface area contributed by atoms with Crippen molar-refractivity contribution in [1.82, 2.24) is 0 Å². The van der Waals surface area contributed by atoms with Gasteiger partial charge < -0.3 is 0 Å². The van der Waals surface area contributed by atoms with Crippen LogP contribution in [0.25, 0.3) is 0 Å². The van der Waals surface area contributed by atoms with Crippen molar-refractivity contribution in [3.05, 3.63) is 36.5 Å². The lowest BCUT2D eigenvalue weighted by Crippen LogP contribution is -1.87. The van der Waals surface area contributed by atoms with E-state index in [1.54, 1.807) is 12.2 Å². The minimum absolute atomic E-state index is 0.449. The normalized spacial score (nSPS) is 12.0. The van der Waals surface area contributed by atoms with Crippen molar-refractivity contribution in [1.29, 1.82) is 0 Å². The molecular formula is C9H11ClO. The van der Waals surface area contributed by atoms with E-state index in [1.807, 2.05) is 13.0 Å². The zero-order valence-electron chi connectivity index (χ0n) is 6.51. The van der Waals surface area contributed by atoms with Crippen LogP contribution in [0, 0.1) is 0 Å². The molecule has 0 N–H and O–H groups in total. The van der Waals surface area contributed by atoms with Crippen LogP contribution in [0.1, 0.15) is 13.3 Å². The second kappa shape index (κ2) is 5.93. The molecule has 0 atom stereocenters. The lowest BCUT2D eigenvalue weighted by Gasteiger charge is -1.89. The summed E-state index contributed by atoms with van der Waals surface area (Å²) in [5, 5.41) is -0.449. The van der Waals surface area contributed by atoms with Gasteiger partial charge in [-0.3, -0.25) is 4.79 Å². The second-order valence-electron chi connectivity index (χ2n) is 1.94. The smallest absolute Gasteiger partial charge is 0.252 e. The molecule has 0 aromatic heterocycles. The van der Waals surface area contributed by atoms with E-state index in [9.17, 15) is 4.79 Å². The van der Waals surface area contributed by atoms with Crippen LogP contribution in [0.15, 0.2) is 36.5 Å². The molecule has 0 amide bonds. The number of halogens is 1. The molecule has 1 nitrogen and oxygen atoms in total. The summed E-state index contributed by atoms with van der Waals surface area (Å²) in [6.45, 7) is 5.46. The first-order valence-corrected chi connectivity index (χ1v) is 3.79. The Morgan fingerprint density at radius 3 is 2.64 bits per heavy atom. The summed E-state index contributed by atoms with van der Waals surface area (Å²) in [6, 6.07) is 0. The van der Waals surface area contributed by atoms with Crippen molar-refractivity contribution in [2.45, 2.75) is 13.3 Å². The molecule has 0 saturated carbocycles. The van der Waals surface area contributed by atoms with E-state index in [1.165, 1.54) is 6.08 Å². The largest absolute Gasteiger partial charge is 0.276 e. The van der Waals surface area contributed by atoms with E-state index < -0.39 is 5.24 Å². The predicted octanol–water partition coefficient (Wildman–Crippen LogP) is 2.83. The predicted molar refractivity (Wildman–Crippen MR) is 48.6 cm³/mol. The van der Waals surface area contributed by atoms with Gasteiger partial charge in [-0.05, 0) is 18.0 Å². The summed E-state index contributed by atoms with van der Waals surface area (Å²) in [7, 11) is 0. The molecule has 0 aliphatic heterocycles. The van der Waals surface area contributed by atoms with Crippen LogP contribution < -0.4 is 0 Å². The first-order chi connectivity index (χ1) is 5.22. The van der Waals surface area contributed by atoms with Crippen molar-refractivity contribution >= 4 is 16.8 Å². The molecule has 2 heteroatoms. The molecule has 0 unspecified atom stereocenters. The third-order valence-electron chi connectivity index (χ3n) is 1.06. The molecule has 0 saturated heterocycles. The van der Waals surface area contributed by atoms with Gasteiger partial charge in [-0.1, -0.05) is 37.8 Å². The highest BCUT2D eigenvalue weighted by atomic mass is 35.5. The Bertz CT molecular complexity index is 202. The summed E-state index contributed by atoms with van der Waals surface area (Å²) in [6.07, 6.45) is 7.57. The van der Waals surface area contributed by atoms with Gasteiger partial charge in [0.2, 0.25) is 0 Å². The maximum Gasteiger partial charge on any atom is 0.252 e. The van der Waals surface area contributed by atoms with Gasteiger partial charge in [0.1, 0.15) is 0 Å². The Morgan fingerprint density at radius 2 is 2.27 bits per heavy atom. The van der Waals surface area contributed by atoms with E-state index in [4.69, 9.17) is 11.6 Å². The van der Waals surface area contributed by atoms with E-state index in [2.05, 4.69) is 6.58 Å². The molecule has 0 bridgehead atoms. The fourth-order valence-electron chi connectivity index (χ4n) is 0.558. The van der Waals surface area contributed by atoms with E-state index >= 15 is 0 Å². The molecule has 11 heavy (non-hydrogen) atoms. The Balaban J connectivity index is 4.35. The van der Waals surface area contributed by atoms with Crippen LogP contribution in [-0.2, 0) is 4.79 Å². The molecule has 0 rings (SSSR count). The number of allylic oxidation sites excluding steroid dienone is 5. The van der Waals surface area contributed by atoms with Crippen molar-refractivity contribution in [3.8, 4) is 0 Å². The maximum absolute atomic E-state index is 10.6. The number of rotatable bonds is 4. The molecule has 0 heterocycles. The second-order valence-corrected chi connectivity index (χ2v) is 2.29. The Hall–Kier alpha value is -0.820. The fourth-order valence-corrected chi connectivity index (χ4v) is 0.684. The van der Waals surface area contributed by atoms with E-state index in [-0.39, 0.29) is 0 Å². The Kier molecular flexibility index (Phi) is 5.49. The lowest BCUT2D eigenvalue weighted by molar-refractivity contribution is -0.108. The molecule has 0 spiro atoms. The van der Waals surface area contributed by atoms with Crippen molar-refractivity contribution in [3.63, 3.8) is 0 Å². The molecule has 0 radical (unpaired) electrons. The molecule has 0 aromatic carbocycles. The highest BCUT2D eigenvalue weighted by molar-refractivity contribution is 6.68. The first kappa shape index (κ1) is 10.2. The van der Waals surface area contributed by atoms with Crippen LogP contribution in [0.5, 0.6) is 0 Å². The number of carbonyl (C=O) groups is 1. The summed E-state index contributed by atoms with van der Waals surface area (Å²) in [5.74, 6) is 0. The van der Waals surface area contributed by atoms with Gasteiger partial charge in [-0.25, -0.2) is 0 Å². The third kappa shape index (κ3) is 4.57. The minimum atomic E-state index is -0.449. The highest BCUT2D eigenvalue weighted by Crippen LogP contribution is 2.03. The Morgan fingerprint density at radius 1 is 1.64 bits per heavy atom. The van der Waals surface area contributed by atoms with Gasteiger partial charge in [0, 0.05) is 5.57 Å². The maximum atomic E-state index is 10.6. The minimum Gasteiger partial charge on any atom is -0.276 e. The lowest BCUT2D eigenvalue weighted by atomic mass is 10.2. The summed E-state index contributed by atoms with van der Waals surface area (Å²) in [4.78, 5) is 10.6. The van der Waals surface area contributed by atoms with Gasteiger partial charge in [-0.15, -0.1) is 0 Å². The molecule has 0 fully saturated rings. The molecular weight excluding hydrogens is 160 g/mol. The van der Waals surface area contributed by atoms with Gasteiger partial charge in [0.05, 0.1) is 0 Å². The molecule has 0 aliphatic rings. The summed E-state index contributed by atoms with van der Waals surface area (Å²) >= 11 is 5.25. The zero-order valence-corrected chi connectivity index (χ0v) is 7.27. The number of hydrogen-bond acceptors (Lipinski definition) is 1. The van der Waals surface area contributed by atoms with Crippen LogP contribution in [0.3, 0.4) is 0 Å². The number of hydrogen-bond donors (Lipinski definition) is 0. The Labute approximate surface area is 72.1 Å². The van der Waals surface area contributed by atoms with Crippen LogP contribution in [0.4, 0.5) is 0 Å². The van der Waals surface area contributed by atoms with Gasteiger partial charge in [0.15, 0.2) is 0 Å². The summed E-state index contributed by atoms with van der Waals surface area (Å²) in [5.41, 5.74) is 0.475. The standard InChI is InChI=1S/C9H11ClO/c1-3-5-7-8(6-4-2)9(10)11/h4-7H,2-3H2,1H3/b7-5-,8-6+. The molecule has 60 valence electrons. The monoisotopic (exact) mass is 170 g/mol. The topological polar surface area (TPSA) is 17.1 Å². The molecule has 0 aromatic rings. The van der Waals surface area contributed by atoms with Crippen LogP contribution in [-0.4, -0.2) is 5.24 Å². The zero-order chi connectivity index (χ0) is 8.69. The van der Waals surface area contributed by atoms with Crippen molar-refractivity contribution in [2.75, 3.05) is 0 Å². The SMILES string of the molecule is C=C/C=C(\C=C/CC)C(=O)Cl. The molecule has 0 aliphatic carbocycles. The number of carbonyl (C=O) groups excluding carboxylic acids is 1. The van der Waals surface area contributed by atoms with Crippen LogP contribution >= 0.6 is 11.6 Å². The average molecular weight is 171 g/mol. The summed E-state index contributed by atoms with van der Waals surface area (Å²) < 4.78 is 0. The first-order valence-electron chi connectivity index (χ1n) is 3.41. The van der Waals surface area contributed by atoms with Crippen molar-refractivity contribution < 1.29 is 4.79 Å². The van der Waals surface area contributed by atoms with Gasteiger partial charge in [-0.2, -0.15) is 0 Å². The van der Waals surface area contributed by atoms with Crippen LogP contribution in [0.2, 0.25) is 0 Å². The van der Waals surface area contributed by atoms with E-state index in [0.29, 0.717) is 5.57 Å². The fraction of sp³-hybridized carbons (Fsp3) is 0.222. The third-order valence-corrected chi connectivity index (χ3v) is 1.28. The van der Waals surface area contributed by atoms with Gasteiger partial charge in [0.25, 0.3) is 5.24 Å². The average Bonchev–Trinajstić information content (AvgIpc) is 1.97. The van der Waals surface area contributed by atoms with Crippen molar-refractivity contribution in [2.24, 2.45) is 0 Å². The van der Waals surface area contributed by atoms with Gasteiger partial charge >= 0.3 is 0 Å². The van der Waals surface area contributed by atoms with E-state index in [0.717, 1.165) is 6.42 Å². The quantitative estimate of drug-likeness (QED) is 0.360.